The number of benzene rings is 1. The highest BCUT2D eigenvalue weighted by molar-refractivity contribution is 6.01. The molecule has 0 aliphatic carbocycles. The summed E-state index contributed by atoms with van der Waals surface area (Å²) in [4.78, 5) is 32.9. The number of aromatic amines is 1. The number of hydrogen-bond donors (Lipinski definition) is 1. The number of likely N-dealkylation sites (N-methyl/N-ethyl adjacent to an activating group) is 1. The summed E-state index contributed by atoms with van der Waals surface area (Å²) in [6.07, 6.45) is 2.02. The van der Waals surface area contributed by atoms with Gasteiger partial charge in [-0.15, -0.1) is 0 Å². The number of H-pyrrole nitrogens is 1. The number of aryl methyl sites for hydroxylation is 1. The van der Waals surface area contributed by atoms with Crippen LogP contribution >= 0.6 is 0 Å². The van der Waals surface area contributed by atoms with Crippen LogP contribution in [-0.4, -0.2) is 73.6 Å². The van der Waals surface area contributed by atoms with Crippen LogP contribution in [-0.2, 0) is 9.53 Å². The normalized spacial score (nSPS) is 21.2. The first-order chi connectivity index (χ1) is 13.8. The molecule has 1 spiro atoms. The molecule has 0 bridgehead atoms. The lowest BCUT2D eigenvalue weighted by molar-refractivity contribution is -0.150. The van der Waals surface area contributed by atoms with Crippen molar-refractivity contribution in [3.8, 4) is 5.75 Å². The molecule has 2 aliphatic rings. The Hall–Kier alpha value is -2.54. The third-order valence-electron chi connectivity index (χ3n) is 6.38. The van der Waals surface area contributed by atoms with Crippen LogP contribution in [0, 0.1) is 12.3 Å². The van der Waals surface area contributed by atoms with E-state index in [1.807, 2.05) is 49.0 Å². The molecule has 0 radical (unpaired) electrons. The summed E-state index contributed by atoms with van der Waals surface area (Å²) in [7, 11) is 5.60. The first-order valence-electron chi connectivity index (χ1n) is 10.1. The van der Waals surface area contributed by atoms with Gasteiger partial charge in [0.15, 0.2) is 0 Å². The minimum Gasteiger partial charge on any atom is -0.497 e. The van der Waals surface area contributed by atoms with E-state index >= 15 is 0 Å². The summed E-state index contributed by atoms with van der Waals surface area (Å²) < 4.78 is 10.9. The molecule has 29 heavy (non-hydrogen) atoms. The Bertz CT molecular complexity index is 941. The Balaban J connectivity index is 1.48. The maximum atomic E-state index is 13.2. The highest BCUT2D eigenvalue weighted by atomic mass is 16.6. The van der Waals surface area contributed by atoms with Gasteiger partial charge >= 0.3 is 5.97 Å². The lowest BCUT2D eigenvalue weighted by Gasteiger charge is -2.36. The molecule has 2 aromatic rings. The summed E-state index contributed by atoms with van der Waals surface area (Å²) >= 11 is 0. The number of nitrogens with zero attached hydrogens (tertiary/aromatic N) is 2. The molecule has 3 heterocycles. The van der Waals surface area contributed by atoms with Gasteiger partial charge in [0.05, 0.1) is 12.5 Å². The predicted molar refractivity (Wildman–Crippen MR) is 110 cm³/mol. The van der Waals surface area contributed by atoms with Crippen LogP contribution in [0.3, 0.4) is 0 Å². The average Bonchev–Trinajstić information content (AvgIpc) is 3.18. The number of nitrogens with one attached hydrogen (secondary N) is 1. The maximum Gasteiger partial charge on any atom is 0.312 e. The van der Waals surface area contributed by atoms with Gasteiger partial charge in [0.2, 0.25) is 0 Å². The molecule has 7 heteroatoms. The van der Waals surface area contributed by atoms with Crippen molar-refractivity contribution < 1.29 is 19.1 Å². The van der Waals surface area contributed by atoms with Crippen LogP contribution in [0.25, 0.3) is 10.9 Å². The number of carbonyl (C=O) groups is 2. The van der Waals surface area contributed by atoms with Crippen molar-refractivity contribution in [3.63, 3.8) is 0 Å². The van der Waals surface area contributed by atoms with Crippen molar-refractivity contribution in [1.29, 1.82) is 0 Å². The molecule has 2 fully saturated rings. The summed E-state index contributed by atoms with van der Waals surface area (Å²) in [5.74, 6) is 0.666. The SMILES string of the molecule is COc1ccc2[nH]c(C(=O)N3CCC4(CC3)CC(CN(C)C)OC4=O)c(C)c2c1. The quantitative estimate of drug-likeness (QED) is 0.800. The molecule has 1 aromatic carbocycles. The zero-order valence-corrected chi connectivity index (χ0v) is 17.6. The van der Waals surface area contributed by atoms with Gasteiger partial charge in [0.25, 0.3) is 5.91 Å². The van der Waals surface area contributed by atoms with Gasteiger partial charge in [-0.3, -0.25) is 9.59 Å². The highest BCUT2D eigenvalue weighted by Gasteiger charge is 2.50. The van der Waals surface area contributed by atoms with Crippen molar-refractivity contribution >= 4 is 22.8 Å². The monoisotopic (exact) mass is 399 g/mol. The molecule has 1 unspecified atom stereocenters. The minimum absolute atomic E-state index is 0.0104. The number of hydrogen-bond acceptors (Lipinski definition) is 5. The van der Waals surface area contributed by atoms with Crippen LogP contribution in [0.2, 0.25) is 0 Å². The Kier molecular flexibility index (Phi) is 5.02. The number of aromatic nitrogens is 1. The van der Waals surface area contributed by atoms with Crippen LogP contribution in [0.5, 0.6) is 5.75 Å². The van der Waals surface area contributed by atoms with E-state index in [-0.39, 0.29) is 18.0 Å². The average molecular weight is 399 g/mol. The van der Waals surface area contributed by atoms with Crippen LogP contribution in [0.15, 0.2) is 18.2 Å². The third kappa shape index (κ3) is 3.48. The topological polar surface area (TPSA) is 74.9 Å². The molecule has 1 aromatic heterocycles. The number of fused-ring (bicyclic) bond motifs is 1. The van der Waals surface area contributed by atoms with E-state index in [1.54, 1.807) is 7.11 Å². The predicted octanol–water partition coefficient (Wildman–Crippen LogP) is 2.58. The van der Waals surface area contributed by atoms with Gasteiger partial charge in [0, 0.05) is 37.0 Å². The second kappa shape index (κ2) is 7.37. The molecule has 0 saturated carbocycles. The van der Waals surface area contributed by atoms with Crippen LogP contribution in [0.1, 0.15) is 35.3 Å². The summed E-state index contributed by atoms with van der Waals surface area (Å²) in [6, 6.07) is 5.76. The number of piperidine rings is 1. The number of likely N-dealkylation sites (tertiary alicyclic amines) is 1. The highest BCUT2D eigenvalue weighted by Crippen LogP contribution is 2.43. The van der Waals surface area contributed by atoms with Crippen molar-refractivity contribution in [3.05, 3.63) is 29.5 Å². The van der Waals surface area contributed by atoms with Gasteiger partial charge in [-0.05, 0) is 57.6 Å². The van der Waals surface area contributed by atoms with E-state index in [2.05, 4.69) is 4.98 Å². The Morgan fingerprint density at radius 2 is 2.07 bits per heavy atom. The number of carbonyl (C=O) groups excluding carboxylic acids is 2. The lowest BCUT2D eigenvalue weighted by Crippen LogP contribution is -2.45. The molecule has 1 N–H and O–H groups in total. The van der Waals surface area contributed by atoms with Crippen molar-refractivity contribution in [2.24, 2.45) is 5.41 Å². The molecule has 7 nitrogen and oxygen atoms in total. The molecule has 1 atom stereocenters. The van der Waals surface area contributed by atoms with E-state index in [0.29, 0.717) is 31.6 Å². The molecule has 2 saturated heterocycles. The van der Waals surface area contributed by atoms with E-state index < -0.39 is 5.41 Å². The van der Waals surface area contributed by atoms with Crippen molar-refractivity contribution in [2.45, 2.75) is 32.3 Å². The van der Waals surface area contributed by atoms with Gasteiger partial charge in [0.1, 0.15) is 17.5 Å². The largest absolute Gasteiger partial charge is 0.497 e. The molecule has 1 amide bonds. The molecule has 2 aliphatic heterocycles. The van der Waals surface area contributed by atoms with Gasteiger partial charge < -0.3 is 24.3 Å². The van der Waals surface area contributed by atoms with Crippen molar-refractivity contribution in [1.82, 2.24) is 14.8 Å². The fourth-order valence-electron chi connectivity index (χ4n) is 4.70. The van der Waals surface area contributed by atoms with E-state index in [0.717, 1.165) is 35.2 Å². The smallest absolute Gasteiger partial charge is 0.312 e. The van der Waals surface area contributed by atoms with Gasteiger partial charge in [-0.2, -0.15) is 0 Å². The first kappa shape index (κ1) is 19.8. The zero-order valence-electron chi connectivity index (χ0n) is 17.6. The summed E-state index contributed by atoms with van der Waals surface area (Å²) in [5.41, 5.74) is 2.03. The number of ether oxygens (including phenoxy) is 2. The van der Waals surface area contributed by atoms with Crippen LogP contribution in [0.4, 0.5) is 0 Å². The fraction of sp³-hybridized carbons (Fsp3) is 0.545. The number of esters is 1. The molecule has 4 rings (SSSR count). The summed E-state index contributed by atoms with van der Waals surface area (Å²) in [5, 5.41) is 0.993. The number of amides is 1. The molecular formula is C22H29N3O4. The second-order valence-electron chi connectivity index (χ2n) is 8.60. The van der Waals surface area contributed by atoms with Crippen LogP contribution < -0.4 is 4.74 Å². The zero-order chi connectivity index (χ0) is 20.8. The van der Waals surface area contributed by atoms with Gasteiger partial charge in [-0.1, -0.05) is 0 Å². The van der Waals surface area contributed by atoms with E-state index in [4.69, 9.17) is 9.47 Å². The first-order valence-corrected chi connectivity index (χ1v) is 10.1. The fourth-order valence-corrected chi connectivity index (χ4v) is 4.70. The second-order valence-corrected chi connectivity index (χ2v) is 8.60. The third-order valence-corrected chi connectivity index (χ3v) is 6.38. The molecule has 156 valence electrons. The Morgan fingerprint density at radius 3 is 2.72 bits per heavy atom. The number of cyclic esters (lactones) is 1. The number of rotatable bonds is 4. The molecular weight excluding hydrogens is 370 g/mol. The maximum absolute atomic E-state index is 13.2. The Morgan fingerprint density at radius 1 is 1.34 bits per heavy atom. The summed E-state index contributed by atoms with van der Waals surface area (Å²) in [6.45, 7) is 3.84. The van der Waals surface area contributed by atoms with E-state index in [1.165, 1.54) is 0 Å². The number of methoxy groups -OCH3 is 1. The van der Waals surface area contributed by atoms with Crippen molar-refractivity contribution in [2.75, 3.05) is 40.8 Å². The minimum atomic E-state index is -0.430. The van der Waals surface area contributed by atoms with E-state index in [9.17, 15) is 9.59 Å². The lowest BCUT2D eigenvalue weighted by atomic mass is 9.76. The van der Waals surface area contributed by atoms with Gasteiger partial charge in [-0.25, -0.2) is 0 Å². The standard InChI is InChI=1S/C22H29N3O4/c1-14-17-11-15(28-4)5-6-18(17)23-19(14)20(26)25-9-7-22(8-10-25)12-16(13-24(2)3)29-21(22)27/h5-6,11,16,23H,7-10,12-13H2,1-4H3. The Labute approximate surface area is 170 Å².